The molecule has 0 unspecified atom stereocenters. The van der Waals surface area contributed by atoms with E-state index in [9.17, 15) is 0 Å². The average Bonchev–Trinajstić information content (AvgIpc) is 2.08. The molecule has 86 valence electrons. The van der Waals surface area contributed by atoms with Gasteiger partial charge in [-0.1, -0.05) is 41.9 Å². The van der Waals surface area contributed by atoms with E-state index in [1.165, 1.54) is 5.56 Å². The van der Waals surface area contributed by atoms with Crippen LogP contribution in [0.1, 0.15) is 19.4 Å². The van der Waals surface area contributed by atoms with Gasteiger partial charge in [-0.15, -0.1) is 12.4 Å². The van der Waals surface area contributed by atoms with Crippen molar-refractivity contribution < 1.29 is 0 Å². The molecule has 1 aromatic rings. The van der Waals surface area contributed by atoms with Crippen molar-refractivity contribution in [1.29, 1.82) is 0 Å². The molecule has 0 aliphatic carbocycles. The monoisotopic (exact) mass is 291 g/mol. The Morgan fingerprint density at radius 3 is 2.20 bits per heavy atom. The van der Waals surface area contributed by atoms with Gasteiger partial charge < -0.3 is 5.32 Å². The summed E-state index contributed by atoms with van der Waals surface area (Å²) in [5.41, 5.74) is 1.72. The van der Waals surface area contributed by atoms with Crippen LogP contribution in [0.5, 0.6) is 0 Å². The summed E-state index contributed by atoms with van der Waals surface area (Å²) in [5.74, 6) is 0. The molecule has 0 aromatic heterocycles. The van der Waals surface area contributed by atoms with Crippen LogP contribution in [0.15, 0.2) is 28.7 Å². The van der Waals surface area contributed by atoms with Gasteiger partial charge in [-0.2, -0.15) is 0 Å². The van der Waals surface area contributed by atoms with Crippen LogP contribution in [0.25, 0.3) is 0 Å². The molecule has 0 fully saturated rings. The summed E-state index contributed by atoms with van der Waals surface area (Å²) in [6, 6.07) is 8.57. The van der Waals surface area contributed by atoms with Crippen LogP contribution in [0.3, 0.4) is 0 Å². The van der Waals surface area contributed by atoms with E-state index in [1.54, 1.807) is 0 Å². The fourth-order valence-corrected chi connectivity index (χ4v) is 1.96. The van der Waals surface area contributed by atoms with E-state index in [2.05, 4.69) is 59.4 Å². The van der Waals surface area contributed by atoms with Crippen LogP contribution < -0.4 is 5.32 Å². The number of hydrogen-bond acceptors (Lipinski definition) is 1. The van der Waals surface area contributed by atoms with E-state index in [0.717, 1.165) is 17.4 Å². The molecule has 1 aromatic carbocycles. The van der Waals surface area contributed by atoms with Gasteiger partial charge in [0, 0.05) is 11.0 Å². The minimum absolute atomic E-state index is 0. The lowest BCUT2D eigenvalue weighted by atomic mass is 9.86. The molecule has 1 nitrogen and oxygen atoms in total. The van der Waals surface area contributed by atoms with Crippen LogP contribution in [0, 0.1) is 5.41 Å². The Balaban J connectivity index is 0.00000196. The highest BCUT2D eigenvalue weighted by Crippen LogP contribution is 2.21. The van der Waals surface area contributed by atoms with E-state index < -0.39 is 0 Å². The molecule has 0 saturated carbocycles. The van der Waals surface area contributed by atoms with Crippen LogP contribution >= 0.6 is 28.3 Å². The zero-order valence-electron chi connectivity index (χ0n) is 9.51. The molecule has 1 N–H and O–H groups in total. The molecule has 3 heteroatoms. The largest absolute Gasteiger partial charge is 0.319 e. The Bertz CT molecular complexity index is 282. The first-order chi connectivity index (χ1) is 6.53. The molecule has 0 amide bonds. The number of nitrogens with one attached hydrogen (secondary N) is 1. The maximum absolute atomic E-state index is 3.44. The molecular formula is C12H19BrClN. The highest BCUT2D eigenvalue weighted by atomic mass is 79.9. The molecule has 0 radical (unpaired) electrons. The van der Waals surface area contributed by atoms with Crippen molar-refractivity contribution in [2.24, 2.45) is 5.41 Å². The summed E-state index contributed by atoms with van der Waals surface area (Å²) in [6.45, 7) is 5.61. The second kappa shape index (κ2) is 6.51. The molecule has 0 bridgehead atoms. The van der Waals surface area contributed by atoms with Gasteiger partial charge in [0.25, 0.3) is 0 Å². The first-order valence-corrected chi connectivity index (χ1v) is 5.72. The van der Waals surface area contributed by atoms with Crippen LogP contribution in [-0.2, 0) is 6.42 Å². The Labute approximate surface area is 107 Å². The summed E-state index contributed by atoms with van der Waals surface area (Å²) < 4.78 is 1.15. The third kappa shape index (κ3) is 5.55. The summed E-state index contributed by atoms with van der Waals surface area (Å²) in [5, 5.41) is 3.23. The lowest BCUT2D eigenvalue weighted by molar-refractivity contribution is 0.350. The van der Waals surface area contributed by atoms with Gasteiger partial charge in [-0.05, 0) is 36.6 Å². The Kier molecular flexibility index (Phi) is 6.49. The van der Waals surface area contributed by atoms with E-state index in [4.69, 9.17) is 0 Å². The SMILES string of the molecule is CNCC(C)(C)Cc1ccc(Br)cc1.Cl. The van der Waals surface area contributed by atoms with E-state index in [1.807, 2.05) is 7.05 Å². The average molecular weight is 293 g/mol. The maximum Gasteiger partial charge on any atom is 0.0175 e. The van der Waals surface area contributed by atoms with Crippen molar-refractivity contribution in [3.05, 3.63) is 34.3 Å². The third-order valence-electron chi connectivity index (χ3n) is 2.25. The van der Waals surface area contributed by atoms with Crippen molar-refractivity contribution in [2.45, 2.75) is 20.3 Å². The summed E-state index contributed by atoms with van der Waals surface area (Å²) in [7, 11) is 2.00. The molecule has 0 atom stereocenters. The van der Waals surface area contributed by atoms with Gasteiger partial charge in [0.05, 0.1) is 0 Å². The fraction of sp³-hybridized carbons (Fsp3) is 0.500. The number of halogens is 2. The fourth-order valence-electron chi connectivity index (χ4n) is 1.70. The van der Waals surface area contributed by atoms with Crippen LogP contribution in [0.2, 0.25) is 0 Å². The molecular weight excluding hydrogens is 273 g/mol. The minimum atomic E-state index is 0. The van der Waals surface area contributed by atoms with Gasteiger partial charge in [0.1, 0.15) is 0 Å². The number of hydrogen-bond donors (Lipinski definition) is 1. The predicted molar refractivity (Wildman–Crippen MR) is 72.8 cm³/mol. The van der Waals surface area contributed by atoms with Gasteiger partial charge >= 0.3 is 0 Å². The molecule has 0 aliphatic heterocycles. The van der Waals surface area contributed by atoms with Crippen LogP contribution in [0.4, 0.5) is 0 Å². The van der Waals surface area contributed by atoms with Crippen molar-refractivity contribution in [3.8, 4) is 0 Å². The molecule has 0 aliphatic rings. The number of rotatable bonds is 4. The highest BCUT2D eigenvalue weighted by Gasteiger charge is 2.16. The lowest BCUT2D eigenvalue weighted by Gasteiger charge is -2.24. The maximum atomic E-state index is 3.44. The van der Waals surface area contributed by atoms with Gasteiger partial charge in [0.2, 0.25) is 0 Å². The first-order valence-electron chi connectivity index (χ1n) is 4.92. The zero-order valence-corrected chi connectivity index (χ0v) is 11.9. The Hall–Kier alpha value is -0.0500. The van der Waals surface area contributed by atoms with Gasteiger partial charge in [-0.25, -0.2) is 0 Å². The van der Waals surface area contributed by atoms with E-state index in [-0.39, 0.29) is 12.4 Å². The molecule has 1 rings (SSSR count). The minimum Gasteiger partial charge on any atom is -0.319 e. The van der Waals surface area contributed by atoms with E-state index in [0.29, 0.717) is 5.41 Å². The van der Waals surface area contributed by atoms with Crippen molar-refractivity contribution in [3.63, 3.8) is 0 Å². The Morgan fingerprint density at radius 2 is 1.73 bits per heavy atom. The summed E-state index contributed by atoms with van der Waals surface area (Å²) in [4.78, 5) is 0. The highest BCUT2D eigenvalue weighted by molar-refractivity contribution is 9.10. The second-order valence-corrected chi connectivity index (χ2v) is 5.41. The smallest absolute Gasteiger partial charge is 0.0175 e. The standard InChI is InChI=1S/C12H18BrN.ClH/c1-12(2,9-14-3)8-10-4-6-11(13)7-5-10;/h4-7,14H,8-9H2,1-3H3;1H. The van der Waals surface area contributed by atoms with Crippen molar-refractivity contribution >= 4 is 28.3 Å². The zero-order chi connectivity index (χ0) is 10.6. The topological polar surface area (TPSA) is 12.0 Å². The predicted octanol–water partition coefficient (Wildman–Crippen LogP) is 3.66. The normalized spacial score (nSPS) is 10.9. The Morgan fingerprint density at radius 1 is 1.20 bits per heavy atom. The van der Waals surface area contributed by atoms with E-state index >= 15 is 0 Å². The van der Waals surface area contributed by atoms with Crippen LogP contribution in [-0.4, -0.2) is 13.6 Å². The van der Waals surface area contributed by atoms with Gasteiger partial charge in [0.15, 0.2) is 0 Å². The molecule has 0 saturated heterocycles. The van der Waals surface area contributed by atoms with Crippen molar-refractivity contribution in [2.75, 3.05) is 13.6 Å². The molecule has 0 spiro atoms. The second-order valence-electron chi connectivity index (χ2n) is 4.50. The third-order valence-corrected chi connectivity index (χ3v) is 2.78. The summed E-state index contributed by atoms with van der Waals surface area (Å²) in [6.07, 6.45) is 1.11. The number of benzene rings is 1. The molecule has 15 heavy (non-hydrogen) atoms. The lowest BCUT2D eigenvalue weighted by Crippen LogP contribution is -2.28. The first kappa shape index (κ1) is 14.9. The van der Waals surface area contributed by atoms with Gasteiger partial charge in [-0.3, -0.25) is 0 Å². The summed E-state index contributed by atoms with van der Waals surface area (Å²) >= 11 is 3.44. The van der Waals surface area contributed by atoms with Crippen molar-refractivity contribution in [1.82, 2.24) is 5.32 Å². The quantitative estimate of drug-likeness (QED) is 0.893. The molecule has 0 heterocycles.